The number of furan rings is 1. The van der Waals surface area contributed by atoms with Crippen molar-refractivity contribution in [3.8, 4) is 0 Å². The Morgan fingerprint density at radius 3 is 2.55 bits per heavy atom. The van der Waals surface area contributed by atoms with Gasteiger partial charge >= 0.3 is 0 Å². The van der Waals surface area contributed by atoms with E-state index in [9.17, 15) is 14.0 Å². The Kier molecular flexibility index (Phi) is 5.30. The molecule has 0 spiro atoms. The van der Waals surface area contributed by atoms with Crippen LogP contribution >= 0.6 is 0 Å². The highest BCUT2D eigenvalue weighted by atomic mass is 19.1. The molecule has 0 fully saturated rings. The van der Waals surface area contributed by atoms with Crippen molar-refractivity contribution < 1.29 is 18.4 Å². The van der Waals surface area contributed by atoms with Gasteiger partial charge in [0.05, 0.1) is 12.8 Å². The van der Waals surface area contributed by atoms with Gasteiger partial charge in [-0.2, -0.15) is 0 Å². The highest BCUT2D eigenvalue weighted by Gasteiger charge is 2.13. The molecule has 0 radical (unpaired) electrons. The van der Waals surface area contributed by atoms with Crippen LogP contribution in [0, 0.1) is 5.82 Å². The Morgan fingerprint density at radius 1 is 1.23 bits per heavy atom. The van der Waals surface area contributed by atoms with Crippen molar-refractivity contribution in [1.29, 1.82) is 0 Å². The molecule has 1 aromatic heterocycles. The van der Waals surface area contributed by atoms with E-state index in [4.69, 9.17) is 4.42 Å². The van der Waals surface area contributed by atoms with Crippen molar-refractivity contribution in [3.05, 3.63) is 54.2 Å². The number of carbonyl (C=O) groups excluding carboxylic acids is 2. The molecule has 116 valence electrons. The molecule has 0 bridgehead atoms. The average molecular weight is 304 g/mol. The van der Waals surface area contributed by atoms with E-state index in [0.717, 1.165) is 0 Å². The molecule has 0 unspecified atom stereocenters. The third-order valence-electron chi connectivity index (χ3n) is 3.12. The summed E-state index contributed by atoms with van der Waals surface area (Å²) in [6.45, 7) is 1.94. The molecular formula is C16H17FN2O3. The number of amides is 2. The summed E-state index contributed by atoms with van der Waals surface area (Å²) >= 11 is 0. The zero-order valence-corrected chi connectivity index (χ0v) is 12.2. The Balaban J connectivity index is 1.87. The van der Waals surface area contributed by atoms with Crippen LogP contribution < -0.4 is 10.2 Å². The predicted octanol–water partition coefficient (Wildman–Crippen LogP) is 2.48. The number of nitrogens with one attached hydrogen (secondary N) is 1. The second-order valence-corrected chi connectivity index (χ2v) is 4.75. The van der Waals surface area contributed by atoms with Crippen LogP contribution in [0.1, 0.15) is 19.1 Å². The summed E-state index contributed by atoms with van der Waals surface area (Å²) < 4.78 is 18.0. The Morgan fingerprint density at radius 2 is 1.95 bits per heavy atom. The summed E-state index contributed by atoms with van der Waals surface area (Å²) in [5, 5.41) is 2.71. The summed E-state index contributed by atoms with van der Waals surface area (Å²) in [7, 11) is 0. The molecule has 0 saturated carbocycles. The molecule has 0 aliphatic carbocycles. The normalized spacial score (nSPS) is 10.3. The maximum absolute atomic E-state index is 12.9. The largest absolute Gasteiger partial charge is 0.467 e. The monoisotopic (exact) mass is 304 g/mol. The number of hydrogen-bond acceptors (Lipinski definition) is 3. The average Bonchev–Trinajstić information content (AvgIpc) is 3.00. The fourth-order valence-corrected chi connectivity index (χ4v) is 1.99. The second kappa shape index (κ2) is 7.40. The molecule has 0 atom stereocenters. The second-order valence-electron chi connectivity index (χ2n) is 4.75. The zero-order chi connectivity index (χ0) is 15.9. The van der Waals surface area contributed by atoms with Crippen molar-refractivity contribution in [3.63, 3.8) is 0 Å². The summed E-state index contributed by atoms with van der Waals surface area (Å²) in [4.78, 5) is 24.9. The van der Waals surface area contributed by atoms with Crippen LogP contribution in [0.3, 0.4) is 0 Å². The number of benzene rings is 1. The fraction of sp³-hybridized carbons (Fsp3) is 0.250. The lowest BCUT2D eigenvalue weighted by Crippen LogP contribution is -2.33. The lowest BCUT2D eigenvalue weighted by molar-refractivity contribution is -0.121. The van der Waals surface area contributed by atoms with Gasteiger partial charge in [0.15, 0.2) is 0 Å². The first-order chi connectivity index (χ1) is 10.6. The third-order valence-corrected chi connectivity index (χ3v) is 3.12. The van der Waals surface area contributed by atoms with Crippen LogP contribution in [0.2, 0.25) is 0 Å². The number of carbonyl (C=O) groups is 2. The maximum Gasteiger partial charge on any atom is 0.223 e. The number of halogens is 1. The van der Waals surface area contributed by atoms with Gasteiger partial charge in [-0.1, -0.05) is 0 Å². The van der Waals surface area contributed by atoms with Crippen LogP contribution in [-0.2, 0) is 16.1 Å². The molecule has 0 aliphatic heterocycles. The van der Waals surface area contributed by atoms with E-state index in [1.54, 1.807) is 12.1 Å². The van der Waals surface area contributed by atoms with Crippen molar-refractivity contribution in [2.75, 3.05) is 11.4 Å². The van der Waals surface area contributed by atoms with Gasteiger partial charge in [-0.25, -0.2) is 4.39 Å². The van der Waals surface area contributed by atoms with Gasteiger partial charge in [-0.3, -0.25) is 9.59 Å². The number of rotatable bonds is 6. The molecule has 22 heavy (non-hydrogen) atoms. The zero-order valence-electron chi connectivity index (χ0n) is 12.2. The van der Waals surface area contributed by atoms with Gasteiger partial charge in [0.25, 0.3) is 0 Å². The van der Waals surface area contributed by atoms with Crippen molar-refractivity contribution in [2.24, 2.45) is 0 Å². The van der Waals surface area contributed by atoms with Crippen LogP contribution in [0.4, 0.5) is 10.1 Å². The molecule has 1 aromatic carbocycles. The molecule has 2 aromatic rings. The first-order valence-electron chi connectivity index (χ1n) is 6.89. The van der Waals surface area contributed by atoms with E-state index < -0.39 is 0 Å². The highest BCUT2D eigenvalue weighted by molar-refractivity contribution is 5.92. The minimum absolute atomic E-state index is 0.150. The van der Waals surface area contributed by atoms with Crippen molar-refractivity contribution in [2.45, 2.75) is 19.9 Å². The van der Waals surface area contributed by atoms with E-state index in [-0.39, 0.29) is 30.6 Å². The maximum atomic E-state index is 12.9. The number of anilines is 1. The van der Waals surface area contributed by atoms with E-state index in [1.807, 2.05) is 0 Å². The van der Waals surface area contributed by atoms with E-state index >= 15 is 0 Å². The molecule has 5 nitrogen and oxygen atoms in total. The lowest BCUT2D eigenvalue weighted by atomic mass is 10.2. The van der Waals surface area contributed by atoms with Crippen LogP contribution in [0.5, 0.6) is 0 Å². The minimum Gasteiger partial charge on any atom is -0.467 e. The summed E-state index contributed by atoms with van der Waals surface area (Å²) in [5.41, 5.74) is 0.563. The predicted molar refractivity (Wildman–Crippen MR) is 79.6 cm³/mol. The molecule has 0 saturated heterocycles. The van der Waals surface area contributed by atoms with E-state index in [0.29, 0.717) is 18.0 Å². The van der Waals surface area contributed by atoms with Gasteiger partial charge in [0.1, 0.15) is 11.6 Å². The molecule has 6 heteroatoms. The summed E-state index contributed by atoms with van der Waals surface area (Å²) in [6, 6.07) is 9.09. The van der Waals surface area contributed by atoms with Gasteiger partial charge in [0, 0.05) is 25.6 Å². The lowest BCUT2D eigenvalue weighted by Gasteiger charge is -2.20. The van der Waals surface area contributed by atoms with E-state index in [1.165, 1.54) is 42.4 Å². The van der Waals surface area contributed by atoms with Crippen LogP contribution in [0.15, 0.2) is 47.1 Å². The van der Waals surface area contributed by atoms with Crippen LogP contribution in [0.25, 0.3) is 0 Å². The number of nitrogens with zero attached hydrogens (tertiary/aromatic N) is 1. The minimum atomic E-state index is -0.372. The highest BCUT2D eigenvalue weighted by Crippen LogP contribution is 2.15. The van der Waals surface area contributed by atoms with E-state index in [2.05, 4.69) is 5.32 Å². The SMILES string of the molecule is CC(=O)N(CCC(=O)NCc1ccco1)c1ccc(F)cc1. The summed E-state index contributed by atoms with van der Waals surface area (Å²) in [6.07, 6.45) is 1.69. The fourth-order valence-electron chi connectivity index (χ4n) is 1.99. The van der Waals surface area contributed by atoms with Gasteiger partial charge in [-0.15, -0.1) is 0 Å². The molecule has 2 rings (SSSR count). The molecule has 0 aliphatic rings. The molecule has 1 N–H and O–H groups in total. The van der Waals surface area contributed by atoms with Crippen molar-refractivity contribution in [1.82, 2.24) is 5.32 Å². The Labute approximate surface area is 127 Å². The molecular weight excluding hydrogens is 287 g/mol. The van der Waals surface area contributed by atoms with Crippen LogP contribution in [-0.4, -0.2) is 18.4 Å². The van der Waals surface area contributed by atoms with Gasteiger partial charge in [-0.05, 0) is 36.4 Å². The first-order valence-corrected chi connectivity index (χ1v) is 6.89. The molecule has 2 amide bonds. The smallest absolute Gasteiger partial charge is 0.223 e. The standard InChI is InChI=1S/C16H17FN2O3/c1-12(20)19(14-6-4-13(17)5-7-14)9-8-16(21)18-11-15-3-2-10-22-15/h2-7,10H,8-9,11H2,1H3,(H,18,21). The van der Waals surface area contributed by atoms with Gasteiger partial charge in [0.2, 0.25) is 11.8 Å². The Hall–Kier alpha value is -2.63. The molecule has 1 heterocycles. The van der Waals surface area contributed by atoms with Gasteiger partial charge < -0.3 is 14.6 Å². The summed E-state index contributed by atoms with van der Waals surface area (Å²) in [5.74, 6) is -0.103. The third kappa shape index (κ3) is 4.44. The van der Waals surface area contributed by atoms with Crippen molar-refractivity contribution >= 4 is 17.5 Å². The number of hydrogen-bond donors (Lipinski definition) is 1. The quantitative estimate of drug-likeness (QED) is 0.892. The topological polar surface area (TPSA) is 62.6 Å². The first kappa shape index (κ1) is 15.8. The Bertz CT molecular complexity index is 623.